The number of hydrogen-bond donors (Lipinski definition) is 1. The molecule has 1 N–H and O–H groups in total. The zero-order valence-corrected chi connectivity index (χ0v) is 12.7. The largest absolute Gasteiger partial charge is 0.494 e. The lowest BCUT2D eigenvalue weighted by Crippen LogP contribution is -2.21. The first-order valence-corrected chi connectivity index (χ1v) is 7.71. The van der Waals surface area contributed by atoms with Crippen molar-refractivity contribution in [2.45, 2.75) is 19.9 Å². The summed E-state index contributed by atoms with van der Waals surface area (Å²) in [5, 5.41) is 6.32. The van der Waals surface area contributed by atoms with Gasteiger partial charge in [-0.25, -0.2) is 0 Å². The average molecular weight is 296 g/mol. The molecule has 102 valence electrons. The van der Waals surface area contributed by atoms with Gasteiger partial charge in [-0.2, -0.15) is 0 Å². The lowest BCUT2D eigenvalue weighted by atomic mass is 10.0. The first-order valence-electron chi connectivity index (χ1n) is 6.45. The van der Waals surface area contributed by atoms with Crippen LogP contribution in [0.3, 0.4) is 0 Å². The zero-order chi connectivity index (χ0) is 13.7. The van der Waals surface area contributed by atoms with E-state index in [0.717, 1.165) is 22.2 Å². The van der Waals surface area contributed by atoms with Gasteiger partial charge < -0.3 is 10.1 Å². The number of hydrogen-bond acceptors (Lipinski definition) is 3. The first kappa shape index (κ1) is 14.4. The van der Waals surface area contributed by atoms with Gasteiger partial charge in [0.25, 0.3) is 0 Å². The Morgan fingerprint density at radius 1 is 1.32 bits per heavy atom. The molecule has 0 amide bonds. The highest BCUT2D eigenvalue weighted by atomic mass is 35.5. The number of benzene rings is 1. The van der Waals surface area contributed by atoms with Crippen LogP contribution in [0, 0.1) is 0 Å². The fraction of sp³-hybridized carbons (Fsp3) is 0.333. The van der Waals surface area contributed by atoms with Gasteiger partial charge in [0.2, 0.25) is 0 Å². The Kier molecular flexibility index (Phi) is 5.25. The minimum absolute atomic E-state index is 0.123. The Labute approximate surface area is 123 Å². The molecule has 2 rings (SSSR count). The Balaban J connectivity index is 2.33. The minimum Gasteiger partial charge on any atom is -0.494 e. The maximum atomic E-state index is 6.26. The topological polar surface area (TPSA) is 21.3 Å². The highest BCUT2D eigenvalue weighted by molar-refractivity contribution is 7.10. The molecule has 0 spiro atoms. The van der Waals surface area contributed by atoms with Crippen molar-refractivity contribution in [2.75, 3.05) is 13.2 Å². The SMILES string of the molecule is CCNC(c1cccc(OCC)c1)c1sccc1Cl. The molecule has 19 heavy (non-hydrogen) atoms. The smallest absolute Gasteiger partial charge is 0.119 e. The maximum absolute atomic E-state index is 6.26. The molecule has 1 heterocycles. The van der Waals surface area contributed by atoms with E-state index in [9.17, 15) is 0 Å². The van der Waals surface area contributed by atoms with Gasteiger partial charge in [-0.3, -0.25) is 0 Å². The second-order valence-electron chi connectivity index (χ2n) is 4.13. The summed E-state index contributed by atoms with van der Waals surface area (Å²) < 4.78 is 5.57. The first-order chi connectivity index (χ1) is 9.26. The number of rotatable bonds is 6. The van der Waals surface area contributed by atoms with Crippen LogP contribution in [-0.4, -0.2) is 13.2 Å². The van der Waals surface area contributed by atoms with E-state index in [1.807, 2.05) is 30.5 Å². The monoisotopic (exact) mass is 295 g/mol. The van der Waals surface area contributed by atoms with E-state index in [0.29, 0.717) is 6.61 Å². The molecular formula is C15H18ClNOS. The second kappa shape index (κ2) is 6.94. The molecule has 0 radical (unpaired) electrons. The Hall–Kier alpha value is -1.03. The van der Waals surface area contributed by atoms with Crippen LogP contribution in [0.4, 0.5) is 0 Å². The van der Waals surface area contributed by atoms with Crippen molar-refractivity contribution in [2.24, 2.45) is 0 Å². The Bertz CT molecular complexity index is 526. The summed E-state index contributed by atoms with van der Waals surface area (Å²) in [6.45, 7) is 5.65. The summed E-state index contributed by atoms with van der Waals surface area (Å²) in [7, 11) is 0. The predicted molar refractivity (Wildman–Crippen MR) is 82.5 cm³/mol. The van der Waals surface area contributed by atoms with Crippen LogP contribution in [-0.2, 0) is 0 Å². The van der Waals surface area contributed by atoms with Crippen molar-refractivity contribution < 1.29 is 4.74 Å². The van der Waals surface area contributed by atoms with E-state index < -0.39 is 0 Å². The summed E-state index contributed by atoms with van der Waals surface area (Å²) in [6, 6.07) is 10.2. The minimum atomic E-state index is 0.123. The molecule has 0 aliphatic heterocycles. The molecule has 1 atom stereocenters. The average Bonchev–Trinajstić information content (AvgIpc) is 2.83. The summed E-state index contributed by atoms with van der Waals surface area (Å²) >= 11 is 7.94. The van der Waals surface area contributed by atoms with Crippen LogP contribution >= 0.6 is 22.9 Å². The van der Waals surface area contributed by atoms with Crippen LogP contribution in [0.1, 0.15) is 30.3 Å². The van der Waals surface area contributed by atoms with E-state index in [1.165, 1.54) is 5.56 Å². The van der Waals surface area contributed by atoms with Crippen molar-refractivity contribution in [3.05, 3.63) is 51.2 Å². The lowest BCUT2D eigenvalue weighted by molar-refractivity contribution is 0.339. The molecule has 0 fully saturated rings. The number of nitrogens with one attached hydrogen (secondary N) is 1. The van der Waals surface area contributed by atoms with Gasteiger partial charge in [0, 0.05) is 4.88 Å². The third kappa shape index (κ3) is 3.50. The third-order valence-corrected chi connectivity index (χ3v) is 4.24. The van der Waals surface area contributed by atoms with E-state index in [4.69, 9.17) is 16.3 Å². The van der Waals surface area contributed by atoms with Crippen LogP contribution in [0.15, 0.2) is 35.7 Å². The van der Waals surface area contributed by atoms with Crippen molar-refractivity contribution in [1.29, 1.82) is 0 Å². The van der Waals surface area contributed by atoms with E-state index >= 15 is 0 Å². The van der Waals surface area contributed by atoms with Crippen LogP contribution in [0.25, 0.3) is 0 Å². The molecule has 4 heteroatoms. The molecule has 2 nitrogen and oxygen atoms in total. The Morgan fingerprint density at radius 2 is 2.16 bits per heavy atom. The van der Waals surface area contributed by atoms with Crippen LogP contribution < -0.4 is 10.1 Å². The second-order valence-corrected chi connectivity index (χ2v) is 5.48. The third-order valence-electron chi connectivity index (χ3n) is 2.82. The zero-order valence-electron chi connectivity index (χ0n) is 11.2. The molecule has 0 aliphatic carbocycles. The van der Waals surface area contributed by atoms with Gasteiger partial charge in [-0.05, 0) is 42.6 Å². The fourth-order valence-corrected chi connectivity index (χ4v) is 3.30. The van der Waals surface area contributed by atoms with Gasteiger partial charge >= 0.3 is 0 Å². The highest BCUT2D eigenvalue weighted by Crippen LogP contribution is 2.33. The van der Waals surface area contributed by atoms with Gasteiger partial charge in [0.1, 0.15) is 5.75 Å². The maximum Gasteiger partial charge on any atom is 0.119 e. The van der Waals surface area contributed by atoms with Gasteiger partial charge in [0.05, 0.1) is 17.7 Å². The lowest BCUT2D eigenvalue weighted by Gasteiger charge is -2.18. The molecule has 0 saturated carbocycles. The van der Waals surface area contributed by atoms with Gasteiger partial charge in [-0.15, -0.1) is 11.3 Å². The summed E-state index contributed by atoms with van der Waals surface area (Å²) in [6.07, 6.45) is 0. The number of thiophene rings is 1. The molecule has 0 saturated heterocycles. The summed E-state index contributed by atoms with van der Waals surface area (Å²) in [4.78, 5) is 1.15. The van der Waals surface area contributed by atoms with Crippen molar-refractivity contribution in [3.8, 4) is 5.75 Å². The summed E-state index contributed by atoms with van der Waals surface area (Å²) in [5.74, 6) is 0.899. The molecular weight excluding hydrogens is 278 g/mol. The molecule has 0 aliphatic rings. The highest BCUT2D eigenvalue weighted by Gasteiger charge is 2.17. The van der Waals surface area contributed by atoms with Crippen LogP contribution in [0.2, 0.25) is 5.02 Å². The van der Waals surface area contributed by atoms with E-state index in [1.54, 1.807) is 11.3 Å². The van der Waals surface area contributed by atoms with E-state index in [2.05, 4.69) is 24.4 Å². The van der Waals surface area contributed by atoms with Crippen molar-refractivity contribution in [1.82, 2.24) is 5.32 Å². The summed E-state index contributed by atoms with van der Waals surface area (Å²) in [5.41, 5.74) is 1.18. The molecule has 2 aromatic rings. The van der Waals surface area contributed by atoms with Gasteiger partial charge in [-0.1, -0.05) is 30.7 Å². The standard InChI is InChI=1S/C15H18ClNOS/c1-3-17-14(15-13(16)8-9-19-15)11-6-5-7-12(10-11)18-4-2/h5-10,14,17H,3-4H2,1-2H3. The molecule has 1 unspecified atom stereocenters. The van der Waals surface area contributed by atoms with E-state index in [-0.39, 0.29) is 6.04 Å². The Morgan fingerprint density at radius 3 is 2.79 bits per heavy atom. The van der Waals surface area contributed by atoms with Gasteiger partial charge in [0.15, 0.2) is 0 Å². The molecule has 1 aromatic heterocycles. The molecule has 0 bridgehead atoms. The van der Waals surface area contributed by atoms with Crippen LogP contribution in [0.5, 0.6) is 5.75 Å². The normalized spacial score (nSPS) is 12.4. The predicted octanol–water partition coefficient (Wildman–Crippen LogP) is 4.50. The quantitative estimate of drug-likeness (QED) is 0.847. The number of ether oxygens (including phenoxy) is 1. The number of halogens is 1. The molecule has 1 aromatic carbocycles. The van der Waals surface area contributed by atoms with Crippen molar-refractivity contribution in [3.63, 3.8) is 0 Å². The fourth-order valence-electron chi connectivity index (χ4n) is 2.03. The van der Waals surface area contributed by atoms with Crippen molar-refractivity contribution >= 4 is 22.9 Å².